The molecule has 0 spiro atoms. The Hall–Kier alpha value is -0.380. The van der Waals surface area contributed by atoms with Crippen LogP contribution >= 0.6 is 35.0 Å². The molecule has 0 saturated carbocycles. The minimum Gasteiger partial charge on any atom is -0.334 e. The second-order valence-electron chi connectivity index (χ2n) is 3.81. The maximum absolute atomic E-state index is 6.06. The van der Waals surface area contributed by atoms with E-state index in [1.807, 2.05) is 6.07 Å². The van der Waals surface area contributed by atoms with E-state index in [0.29, 0.717) is 16.0 Å². The molecule has 1 N–H and O–H groups in total. The third kappa shape index (κ3) is 3.06. The van der Waals surface area contributed by atoms with Crippen molar-refractivity contribution in [1.82, 2.24) is 0 Å². The number of nitrogens with zero attached hydrogens (tertiary/aromatic N) is 1. The highest BCUT2D eigenvalue weighted by molar-refractivity contribution is 8.14. The topological polar surface area (TPSA) is 24.4 Å². The Balaban J connectivity index is 2.12. The summed E-state index contributed by atoms with van der Waals surface area (Å²) in [5.41, 5.74) is 0.815. The summed E-state index contributed by atoms with van der Waals surface area (Å²) in [4.78, 5) is 4.44. The average molecular weight is 275 g/mol. The van der Waals surface area contributed by atoms with Crippen molar-refractivity contribution in [2.45, 2.75) is 6.92 Å². The van der Waals surface area contributed by atoms with Crippen LogP contribution in [0, 0.1) is 5.92 Å². The number of benzene rings is 1. The van der Waals surface area contributed by atoms with Crippen molar-refractivity contribution < 1.29 is 0 Å². The van der Waals surface area contributed by atoms with E-state index in [9.17, 15) is 0 Å². The summed E-state index contributed by atoms with van der Waals surface area (Å²) in [7, 11) is 0. The smallest absolute Gasteiger partial charge is 0.161 e. The normalized spacial score (nSPS) is 20.4. The van der Waals surface area contributed by atoms with Crippen LogP contribution in [0.2, 0.25) is 10.0 Å². The van der Waals surface area contributed by atoms with Crippen LogP contribution in [0.3, 0.4) is 0 Å². The Morgan fingerprint density at radius 1 is 1.44 bits per heavy atom. The monoisotopic (exact) mass is 274 g/mol. The van der Waals surface area contributed by atoms with Crippen LogP contribution in [0.25, 0.3) is 0 Å². The van der Waals surface area contributed by atoms with Gasteiger partial charge in [-0.25, -0.2) is 0 Å². The maximum Gasteiger partial charge on any atom is 0.161 e. The van der Waals surface area contributed by atoms with E-state index < -0.39 is 0 Å². The summed E-state index contributed by atoms with van der Waals surface area (Å²) in [5, 5.41) is 5.45. The molecular weight excluding hydrogens is 263 g/mol. The summed E-state index contributed by atoms with van der Waals surface area (Å²) in [6.45, 7) is 3.06. The predicted octanol–water partition coefficient (Wildman–Crippen LogP) is 4.14. The fourth-order valence-corrected chi connectivity index (χ4v) is 2.58. The molecule has 1 aliphatic heterocycles. The number of hydrogen-bond donors (Lipinski definition) is 1. The van der Waals surface area contributed by atoms with E-state index >= 15 is 0 Å². The van der Waals surface area contributed by atoms with Crippen LogP contribution in [0.1, 0.15) is 6.92 Å². The van der Waals surface area contributed by atoms with Gasteiger partial charge in [0.25, 0.3) is 0 Å². The van der Waals surface area contributed by atoms with Crippen molar-refractivity contribution >= 4 is 45.8 Å². The lowest BCUT2D eigenvalue weighted by Crippen LogP contribution is -2.18. The van der Waals surface area contributed by atoms with Gasteiger partial charge in [0, 0.05) is 17.3 Å². The molecule has 1 aromatic rings. The molecule has 0 radical (unpaired) electrons. The summed E-state index contributed by atoms with van der Waals surface area (Å²) < 4.78 is 0. The van der Waals surface area contributed by atoms with Crippen LogP contribution in [0.15, 0.2) is 23.2 Å². The molecule has 1 atom stereocenters. The molecular formula is C11H12Cl2N2S. The summed E-state index contributed by atoms with van der Waals surface area (Å²) in [5.74, 6) is 1.73. The third-order valence-electron chi connectivity index (χ3n) is 2.22. The van der Waals surface area contributed by atoms with Crippen molar-refractivity contribution in [3.8, 4) is 0 Å². The van der Waals surface area contributed by atoms with Gasteiger partial charge >= 0.3 is 0 Å². The molecule has 86 valence electrons. The van der Waals surface area contributed by atoms with Crippen LogP contribution in [0.4, 0.5) is 5.69 Å². The van der Waals surface area contributed by atoms with E-state index in [2.05, 4.69) is 17.2 Å². The highest BCUT2D eigenvalue weighted by Gasteiger charge is 2.13. The first-order chi connectivity index (χ1) is 7.65. The highest BCUT2D eigenvalue weighted by atomic mass is 35.5. The van der Waals surface area contributed by atoms with Crippen LogP contribution in [-0.2, 0) is 0 Å². The Kier molecular flexibility index (Phi) is 4.00. The van der Waals surface area contributed by atoms with E-state index in [4.69, 9.17) is 23.2 Å². The zero-order valence-electron chi connectivity index (χ0n) is 8.84. The number of rotatable bonds is 1. The molecule has 1 aromatic carbocycles. The number of hydrogen-bond acceptors (Lipinski definition) is 3. The van der Waals surface area contributed by atoms with Crippen molar-refractivity contribution in [1.29, 1.82) is 0 Å². The first-order valence-corrected chi connectivity index (χ1v) is 6.78. The van der Waals surface area contributed by atoms with Gasteiger partial charge in [0.2, 0.25) is 0 Å². The zero-order valence-corrected chi connectivity index (χ0v) is 11.2. The van der Waals surface area contributed by atoms with E-state index in [1.165, 1.54) is 0 Å². The number of nitrogens with one attached hydrogen (secondary N) is 1. The lowest BCUT2D eigenvalue weighted by molar-refractivity contribution is 0.674. The molecule has 0 fully saturated rings. The van der Waals surface area contributed by atoms with Crippen molar-refractivity contribution in [3.05, 3.63) is 28.2 Å². The molecule has 2 nitrogen and oxygen atoms in total. The fourth-order valence-electron chi connectivity index (χ4n) is 1.34. The van der Waals surface area contributed by atoms with Gasteiger partial charge in [-0.15, -0.1) is 0 Å². The van der Waals surface area contributed by atoms with Gasteiger partial charge in [0.15, 0.2) is 5.17 Å². The Bertz CT molecular complexity index is 420. The standard InChI is InChI=1S/C11H12Cl2N2S/c1-7-5-14-11(16-6-7)15-10-4-8(12)2-3-9(10)13/h2-4,7H,5-6H2,1H3,(H,14,15). The number of thioether (sulfide) groups is 1. The molecule has 0 aliphatic carbocycles. The summed E-state index contributed by atoms with van der Waals surface area (Å²) in [6.07, 6.45) is 0. The van der Waals surface area contributed by atoms with Crippen LogP contribution in [-0.4, -0.2) is 17.5 Å². The minimum atomic E-state index is 0.644. The van der Waals surface area contributed by atoms with Gasteiger partial charge < -0.3 is 5.32 Å². The molecule has 0 amide bonds. The molecule has 2 rings (SSSR count). The summed E-state index contributed by atoms with van der Waals surface area (Å²) in [6, 6.07) is 5.36. The lowest BCUT2D eigenvalue weighted by Gasteiger charge is -2.18. The number of amidine groups is 1. The molecule has 5 heteroatoms. The third-order valence-corrected chi connectivity index (χ3v) is 4.03. The van der Waals surface area contributed by atoms with E-state index in [0.717, 1.165) is 23.2 Å². The lowest BCUT2D eigenvalue weighted by atomic mass is 10.2. The molecule has 1 aliphatic rings. The van der Waals surface area contributed by atoms with Gasteiger partial charge in [0.1, 0.15) is 0 Å². The predicted molar refractivity (Wildman–Crippen MR) is 74.0 cm³/mol. The quantitative estimate of drug-likeness (QED) is 0.832. The Labute approximate surface area is 109 Å². The second kappa shape index (κ2) is 5.30. The summed E-state index contributed by atoms with van der Waals surface area (Å²) >= 11 is 13.7. The second-order valence-corrected chi connectivity index (χ2v) is 5.66. The van der Waals surface area contributed by atoms with Gasteiger partial charge in [-0.2, -0.15) is 0 Å². The van der Waals surface area contributed by atoms with Crippen molar-refractivity contribution in [3.63, 3.8) is 0 Å². The van der Waals surface area contributed by atoms with Crippen molar-refractivity contribution in [2.24, 2.45) is 10.9 Å². The van der Waals surface area contributed by atoms with Crippen LogP contribution < -0.4 is 5.32 Å². The van der Waals surface area contributed by atoms with Gasteiger partial charge in [-0.05, 0) is 24.1 Å². The van der Waals surface area contributed by atoms with Crippen LogP contribution in [0.5, 0.6) is 0 Å². The highest BCUT2D eigenvalue weighted by Crippen LogP contribution is 2.27. The SMILES string of the molecule is CC1CN=C(Nc2cc(Cl)ccc2Cl)SC1. The van der Waals surface area contributed by atoms with Gasteiger partial charge in [-0.1, -0.05) is 41.9 Å². The first kappa shape index (κ1) is 12.1. The zero-order chi connectivity index (χ0) is 11.5. The molecule has 0 bridgehead atoms. The van der Waals surface area contributed by atoms with Crippen molar-refractivity contribution in [2.75, 3.05) is 17.6 Å². The van der Waals surface area contributed by atoms with Gasteiger partial charge in [0.05, 0.1) is 10.7 Å². The number of anilines is 1. The average Bonchev–Trinajstić information content (AvgIpc) is 2.27. The van der Waals surface area contributed by atoms with Gasteiger partial charge in [-0.3, -0.25) is 4.99 Å². The molecule has 16 heavy (non-hydrogen) atoms. The Morgan fingerprint density at radius 2 is 2.25 bits per heavy atom. The molecule has 1 heterocycles. The van der Waals surface area contributed by atoms with E-state index in [1.54, 1.807) is 23.9 Å². The fraction of sp³-hybridized carbons (Fsp3) is 0.364. The maximum atomic E-state index is 6.06. The largest absolute Gasteiger partial charge is 0.334 e. The number of aliphatic imine (C=N–C) groups is 1. The Morgan fingerprint density at radius 3 is 2.94 bits per heavy atom. The molecule has 0 saturated heterocycles. The number of halogens is 2. The van der Waals surface area contributed by atoms with E-state index in [-0.39, 0.29) is 0 Å². The molecule has 0 aromatic heterocycles. The molecule has 1 unspecified atom stereocenters. The minimum absolute atomic E-state index is 0.644. The first-order valence-electron chi connectivity index (χ1n) is 5.04.